The highest BCUT2D eigenvalue weighted by Gasteiger charge is 2.46. The van der Waals surface area contributed by atoms with Gasteiger partial charge in [-0.3, -0.25) is 21.3 Å². The lowest BCUT2D eigenvalue weighted by Gasteiger charge is -2.52. The van der Waals surface area contributed by atoms with E-state index in [9.17, 15) is 4.39 Å². The summed E-state index contributed by atoms with van der Waals surface area (Å²) in [6, 6.07) is 0.853. The van der Waals surface area contributed by atoms with Gasteiger partial charge in [-0.2, -0.15) is 0 Å². The Kier molecular flexibility index (Phi) is 7.94. The number of ether oxygens (including phenoxy) is 1. The summed E-state index contributed by atoms with van der Waals surface area (Å²) >= 11 is 6.33. The Hall–Kier alpha value is -0.0200. The third-order valence-corrected chi connectivity index (χ3v) is 9.56. The number of hydrogen-bond acceptors (Lipinski definition) is 6. The molecule has 5 fully saturated rings. The molecule has 0 spiro atoms. The van der Waals surface area contributed by atoms with Gasteiger partial charge in [0, 0.05) is 38.2 Å². The first-order valence-corrected chi connectivity index (χ1v) is 13.6. The van der Waals surface area contributed by atoms with E-state index in [2.05, 4.69) is 26.6 Å². The fraction of sp³-hybridized carbons (Fsp3) is 1.00. The number of rotatable bonds is 5. The zero-order chi connectivity index (χ0) is 22.1. The zero-order valence-corrected chi connectivity index (χ0v) is 20.3. The van der Waals surface area contributed by atoms with Crippen molar-refractivity contribution in [1.82, 2.24) is 26.6 Å². The SMILES string of the molecule is COC1CC(C2CCC3N[C@H](C4CCCNC4)NC(NC4CCC(F)C(Cl)C4)C3C2)CN1. The quantitative estimate of drug-likeness (QED) is 0.396. The Balaban J connectivity index is 1.27. The summed E-state index contributed by atoms with van der Waals surface area (Å²) in [5, 5.41) is 18.7. The van der Waals surface area contributed by atoms with Gasteiger partial charge in [0.2, 0.25) is 0 Å². The van der Waals surface area contributed by atoms with Gasteiger partial charge in [-0.15, -0.1) is 11.6 Å². The summed E-state index contributed by atoms with van der Waals surface area (Å²) in [6.45, 7) is 3.30. The second-order valence-corrected chi connectivity index (χ2v) is 11.6. The molecule has 3 saturated heterocycles. The van der Waals surface area contributed by atoms with E-state index in [-0.39, 0.29) is 17.8 Å². The van der Waals surface area contributed by atoms with Crippen molar-refractivity contribution < 1.29 is 9.13 Å². The van der Waals surface area contributed by atoms with Gasteiger partial charge in [-0.1, -0.05) is 0 Å². The average Bonchev–Trinajstić information content (AvgIpc) is 3.31. The summed E-state index contributed by atoms with van der Waals surface area (Å²) < 4.78 is 19.5. The highest BCUT2D eigenvalue weighted by molar-refractivity contribution is 6.21. The molecule has 5 N–H and O–H groups in total. The maximum absolute atomic E-state index is 14.0. The predicted octanol–water partition coefficient (Wildman–Crippen LogP) is 2.29. The van der Waals surface area contributed by atoms with Crippen molar-refractivity contribution in [1.29, 1.82) is 0 Å². The van der Waals surface area contributed by atoms with E-state index in [1.807, 2.05) is 7.11 Å². The largest absolute Gasteiger partial charge is 0.367 e. The molecule has 6 nitrogen and oxygen atoms in total. The van der Waals surface area contributed by atoms with Crippen LogP contribution in [0, 0.1) is 23.7 Å². The van der Waals surface area contributed by atoms with Gasteiger partial charge in [-0.25, -0.2) is 4.39 Å². The topological polar surface area (TPSA) is 69.4 Å². The van der Waals surface area contributed by atoms with Crippen molar-refractivity contribution in [2.75, 3.05) is 26.7 Å². The minimum Gasteiger partial charge on any atom is -0.367 e. The normalized spacial score (nSPS) is 50.2. The molecule has 0 aromatic rings. The van der Waals surface area contributed by atoms with E-state index >= 15 is 0 Å². The number of halogens is 2. The van der Waals surface area contributed by atoms with Gasteiger partial charge in [-0.05, 0) is 82.1 Å². The van der Waals surface area contributed by atoms with E-state index in [0.717, 1.165) is 44.8 Å². The molecule has 32 heavy (non-hydrogen) atoms. The summed E-state index contributed by atoms with van der Waals surface area (Å²) in [4.78, 5) is 0. The first kappa shape index (κ1) is 23.7. The number of nitrogens with one attached hydrogen (secondary N) is 5. The Morgan fingerprint density at radius 1 is 0.938 bits per heavy atom. The second-order valence-electron chi connectivity index (χ2n) is 11.1. The van der Waals surface area contributed by atoms with Crippen LogP contribution in [0.3, 0.4) is 0 Å². The molecule has 10 unspecified atom stereocenters. The third-order valence-electron chi connectivity index (χ3n) is 9.11. The van der Waals surface area contributed by atoms with Crippen molar-refractivity contribution in [3.05, 3.63) is 0 Å². The van der Waals surface area contributed by atoms with Crippen LogP contribution in [-0.2, 0) is 4.74 Å². The fourth-order valence-corrected chi connectivity index (χ4v) is 7.53. The van der Waals surface area contributed by atoms with E-state index in [1.165, 1.54) is 32.1 Å². The highest BCUT2D eigenvalue weighted by Crippen LogP contribution is 2.40. The van der Waals surface area contributed by atoms with E-state index < -0.39 is 6.17 Å². The molecule has 0 radical (unpaired) electrons. The predicted molar refractivity (Wildman–Crippen MR) is 126 cm³/mol. The van der Waals surface area contributed by atoms with Gasteiger partial charge >= 0.3 is 0 Å². The molecular weight excluding hydrogens is 429 g/mol. The van der Waals surface area contributed by atoms with Crippen molar-refractivity contribution in [3.8, 4) is 0 Å². The number of alkyl halides is 2. The molecule has 3 aliphatic heterocycles. The lowest BCUT2D eigenvalue weighted by molar-refractivity contribution is 0.0302. The fourth-order valence-electron chi connectivity index (χ4n) is 7.19. The Labute approximate surface area is 197 Å². The molecule has 8 heteroatoms. The summed E-state index contributed by atoms with van der Waals surface area (Å²) in [6.07, 6.45) is 9.60. The number of hydrogen-bond donors (Lipinski definition) is 5. The van der Waals surface area contributed by atoms with Gasteiger partial charge in [0.05, 0.1) is 17.7 Å². The van der Waals surface area contributed by atoms with Crippen molar-refractivity contribution in [2.45, 2.75) is 100.0 Å². The Morgan fingerprint density at radius 2 is 1.84 bits per heavy atom. The zero-order valence-electron chi connectivity index (χ0n) is 19.5. The maximum atomic E-state index is 14.0. The van der Waals surface area contributed by atoms with Crippen molar-refractivity contribution in [2.24, 2.45) is 23.7 Å². The van der Waals surface area contributed by atoms with E-state index in [1.54, 1.807) is 0 Å². The maximum Gasteiger partial charge on any atom is 0.117 e. The molecule has 5 aliphatic rings. The minimum absolute atomic E-state index is 0.217. The molecule has 0 bridgehead atoms. The lowest BCUT2D eigenvalue weighted by atomic mass is 9.69. The van der Waals surface area contributed by atoms with Gasteiger partial charge in [0.25, 0.3) is 0 Å². The molecule has 0 aromatic heterocycles. The van der Waals surface area contributed by atoms with Crippen LogP contribution in [-0.4, -0.2) is 68.9 Å². The van der Waals surface area contributed by atoms with Crippen LogP contribution in [0.1, 0.15) is 57.8 Å². The number of piperidine rings is 1. The van der Waals surface area contributed by atoms with Gasteiger partial charge < -0.3 is 10.1 Å². The van der Waals surface area contributed by atoms with Crippen molar-refractivity contribution >= 4 is 11.6 Å². The molecule has 0 aromatic carbocycles. The summed E-state index contributed by atoms with van der Waals surface area (Å²) in [5.74, 6) is 2.62. The molecule has 2 aliphatic carbocycles. The first-order chi connectivity index (χ1) is 15.6. The molecule has 184 valence electrons. The number of methoxy groups -OCH3 is 1. The smallest absolute Gasteiger partial charge is 0.117 e. The van der Waals surface area contributed by atoms with Crippen LogP contribution in [0.25, 0.3) is 0 Å². The van der Waals surface area contributed by atoms with Crippen LogP contribution in [0.2, 0.25) is 0 Å². The van der Waals surface area contributed by atoms with Crippen LogP contribution in [0.4, 0.5) is 4.39 Å². The van der Waals surface area contributed by atoms with Crippen LogP contribution in [0.15, 0.2) is 0 Å². The number of fused-ring (bicyclic) bond motifs is 1. The van der Waals surface area contributed by atoms with E-state index in [0.29, 0.717) is 42.4 Å². The average molecular weight is 472 g/mol. The second kappa shape index (κ2) is 10.7. The molecule has 0 amide bonds. The van der Waals surface area contributed by atoms with E-state index in [4.69, 9.17) is 16.3 Å². The van der Waals surface area contributed by atoms with Crippen molar-refractivity contribution in [3.63, 3.8) is 0 Å². The lowest BCUT2D eigenvalue weighted by Crippen LogP contribution is -2.72. The van der Waals surface area contributed by atoms with Crippen LogP contribution < -0.4 is 26.6 Å². The Morgan fingerprint density at radius 3 is 2.59 bits per heavy atom. The summed E-state index contributed by atoms with van der Waals surface area (Å²) in [7, 11) is 1.81. The van der Waals surface area contributed by atoms with Gasteiger partial charge in [0.15, 0.2) is 0 Å². The standard InChI is InChI=1S/C24H43ClFN5O/c1-32-22-10-16(13-28-22)14-4-7-21-18(9-14)24(29-17-5-6-20(26)19(25)11-17)31-23(30-21)15-3-2-8-27-12-15/h14-24,27-31H,2-13H2,1H3/t14?,15?,16?,17?,18?,19?,20?,21?,22?,23-,24?/m0/s1. The molecule has 3 heterocycles. The Bertz CT molecular complexity index is 609. The third kappa shape index (κ3) is 5.29. The monoisotopic (exact) mass is 471 g/mol. The van der Waals surface area contributed by atoms with Crippen LogP contribution in [0.5, 0.6) is 0 Å². The molecule has 2 saturated carbocycles. The highest BCUT2D eigenvalue weighted by atomic mass is 35.5. The molecular formula is C24H43ClFN5O. The van der Waals surface area contributed by atoms with Crippen LogP contribution >= 0.6 is 11.6 Å². The minimum atomic E-state index is -0.854. The first-order valence-electron chi connectivity index (χ1n) is 13.1. The molecule has 5 rings (SSSR count). The van der Waals surface area contributed by atoms with Gasteiger partial charge in [0.1, 0.15) is 12.4 Å². The summed E-state index contributed by atoms with van der Waals surface area (Å²) in [5.41, 5.74) is 0. The molecule has 11 atom stereocenters.